The zero-order valence-electron chi connectivity index (χ0n) is 11.3. The van der Waals surface area contributed by atoms with Crippen LogP contribution in [0.15, 0.2) is 18.2 Å². The van der Waals surface area contributed by atoms with Gasteiger partial charge in [0.05, 0.1) is 0 Å². The average Bonchev–Trinajstić information content (AvgIpc) is 2.44. The number of rotatable bonds is 6. The number of fused-ring (bicyclic) bond motifs is 1. The Balaban J connectivity index is 1.99. The molecule has 0 spiro atoms. The molecule has 0 bridgehead atoms. The van der Waals surface area contributed by atoms with E-state index >= 15 is 0 Å². The van der Waals surface area contributed by atoms with Crippen molar-refractivity contribution in [3.05, 3.63) is 23.8 Å². The third-order valence-electron chi connectivity index (χ3n) is 3.09. The summed E-state index contributed by atoms with van der Waals surface area (Å²) >= 11 is 0. The number of hydrogen-bond donors (Lipinski definition) is 1. The summed E-state index contributed by atoms with van der Waals surface area (Å²) in [4.78, 5) is 0. The summed E-state index contributed by atoms with van der Waals surface area (Å²) in [6, 6.07) is 5.48. The fraction of sp³-hybridized carbons (Fsp3) is 0.571. The highest BCUT2D eigenvalue weighted by molar-refractivity contribution is 7.85. The van der Waals surface area contributed by atoms with Gasteiger partial charge in [0.2, 0.25) is 0 Å². The van der Waals surface area contributed by atoms with E-state index in [1.165, 1.54) is 0 Å². The predicted octanol–water partition coefficient (Wildman–Crippen LogP) is 2.01. The van der Waals surface area contributed by atoms with Gasteiger partial charge in [0.25, 0.3) is 0 Å². The Kier molecular flexibility index (Phi) is 5.22. The molecule has 0 radical (unpaired) electrons. The third-order valence-corrected chi connectivity index (χ3v) is 4.56. The second kappa shape index (κ2) is 6.91. The maximum absolute atomic E-state index is 11.8. The molecule has 5 heteroatoms. The van der Waals surface area contributed by atoms with Crippen molar-refractivity contribution in [1.29, 1.82) is 0 Å². The molecule has 106 valence electrons. The standard InChI is InChI=1S/C14H21NO3S/c1-2-3-8-19(16)10-12(15)11-4-5-13-14(9-11)18-7-6-17-13/h4-5,9,12H,2-3,6-8,10,15H2,1H3. The van der Waals surface area contributed by atoms with Crippen LogP contribution in [0.2, 0.25) is 0 Å². The molecule has 2 rings (SSSR count). The van der Waals surface area contributed by atoms with Gasteiger partial charge in [-0.15, -0.1) is 0 Å². The molecule has 1 aromatic rings. The Morgan fingerprint density at radius 2 is 2.05 bits per heavy atom. The first kappa shape index (κ1) is 14.3. The van der Waals surface area contributed by atoms with Crippen LogP contribution in [0.3, 0.4) is 0 Å². The average molecular weight is 283 g/mol. The molecule has 1 aliphatic rings. The Bertz CT molecular complexity index is 450. The van der Waals surface area contributed by atoms with E-state index < -0.39 is 10.8 Å². The van der Waals surface area contributed by atoms with Crippen LogP contribution in [0.4, 0.5) is 0 Å². The quantitative estimate of drug-likeness (QED) is 0.867. The van der Waals surface area contributed by atoms with Gasteiger partial charge in [-0.25, -0.2) is 0 Å². The summed E-state index contributed by atoms with van der Waals surface area (Å²) in [6.45, 7) is 3.24. The summed E-state index contributed by atoms with van der Waals surface area (Å²) in [7, 11) is -0.849. The predicted molar refractivity (Wildman–Crippen MR) is 77.1 cm³/mol. The molecular formula is C14H21NO3S. The van der Waals surface area contributed by atoms with Gasteiger partial charge in [-0.3, -0.25) is 4.21 Å². The van der Waals surface area contributed by atoms with E-state index in [0.29, 0.717) is 19.0 Å². The Labute approximate surface area is 116 Å². The van der Waals surface area contributed by atoms with E-state index in [-0.39, 0.29) is 6.04 Å². The van der Waals surface area contributed by atoms with Crippen molar-refractivity contribution in [2.45, 2.75) is 25.8 Å². The number of ether oxygens (including phenoxy) is 2. The summed E-state index contributed by atoms with van der Waals surface area (Å²) in [6.07, 6.45) is 2.05. The molecule has 1 aliphatic heterocycles. The number of benzene rings is 1. The van der Waals surface area contributed by atoms with Crippen molar-refractivity contribution in [3.8, 4) is 11.5 Å². The van der Waals surface area contributed by atoms with E-state index in [0.717, 1.165) is 35.7 Å². The molecule has 0 saturated heterocycles. The van der Waals surface area contributed by atoms with Crippen LogP contribution in [0.5, 0.6) is 11.5 Å². The van der Waals surface area contributed by atoms with Crippen LogP contribution < -0.4 is 15.2 Å². The van der Waals surface area contributed by atoms with E-state index in [4.69, 9.17) is 15.2 Å². The van der Waals surface area contributed by atoms with Crippen LogP contribution in [0.1, 0.15) is 31.4 Å². The molecule has 19 heavy (non-hydrogen) atoms. The lowest BCUT2D eigenvalue weighted by Gasteiger charge is -2.20. The van der Waals surface area contributed by atoms with Crippen molar-refractivity contribution < 1.29 is 13.7 Å². The Morgan fingerprint density at radius 3 is 2.79 bits per heavy atom. The molecule has 0 saturated carbocycles. The van der Waals surface area contributed by atoms with Gasteiger partial charge in [0.1, 0.15) is 13.2 Å². The molecule has 0 fully saturated rings. The van der Waals surface area contributed by atoms with Crippen molar-refractivity contribution >= 4 is 10.8 Å². The summed E-state index contributed by atoms with van der Waals surface area (Å²) in [5, 5.41) is 0. The first-order chi connectivity index (χ1) is 9.20. The van der Waals surface area contributed by atoms with E-state index in [1.807, 2.05) is 18.2 Å². The monoisotopic (exact) mass is 283 g/mol. The van der Waals surface area contributed by atoms with Gasteiger partial charge < -0.3 is 15.2 Å². The molecule has 1 heterocycles. The van der Waals surface area contributed by atoms with E-state index in [2.05, 4.69) is 6.92 Å². The lowest BCUT2D eigenvalue weighted by molar-refractivity contribution is 0.171. The minimum absolute atomic E-state index is 0.214. The highest BCUT2D eigenvalue weighted by atomic mass is 32.2. The van der Waals surface area contributed by atoms with Crippen LogP contribution in [0.25, 0.3) is 0 Å². The normalized spacial score (nSPS) is 16.9. The molecular weight excluding hydrogens is 262 g/mol. The Morgan fingerprint density at radius 1 is 1.32 bits per heavy atom. The summed E-state index contributed by atoms with van der Waals surface area (Å²) in [5.74, 6) is 2.72. The number of unbranched alkanes of at least 4 members (excludes halogenated alkanes) is 1. The first-order valence-corrected chi connectivity index (χ1v) is 8.19. The largest absolute Gasteiger partial charge is 0.486 e. The maximum atomic E-state index is 11.8. The second-order valence-corrected chi connectivity index (χ2v) is 6.29. The van der Waals surface area contributed by atoms with Crippen molar-refractivity contribution in [2.75, 3.05) is 24.7 Å². The highest BCUT2D eigenvalue weighted by Gasteiger charge is 2.16. The van der Waals surface area contributed by atoms with Crippen LogP contribution >= 0.6 is 0 Å². The van der Waals surface area contributed by atoms with E-state index in [1.54, 1.807) is 0 Å². The van der Waals surface area contributed by atoms with Crippen molar-refractivity contribution in [3.63, 3.8) is 0 Å². The smallest absolute Gasteiger partial charge is 0.161 e. The third kappa shape index (κ3) is 3.94. The molecule has 4 nitrogen and oxygen atoms in total. The molecule has 2 N–H and O–H groups in total. The summed E-state index contributed by atoms with van der Waals surface area (Å²) < 4.78 is 22.8. The van der Waals surface area contributed by atoms with Crippen molar-refractivity contribution in [1.82, 2.24) is 0 Å². The van der Waals surface area contributed by atoms with Crippen LogP contribution in [-0.2, 0) is 10.8 Å². The van der Waals surface area contributed by atoms with Gasteiger partial charge in [0.15, 0.2) is 11.5 Å². The zero-order chi connectivity index (χ0) is 13.7. The fourth-order valence-electron chi connectivity index (χ4n) is 1.98. The minimum Gasteiger partial charge on any atom is -0.486 e. The maximum Gasteiger partial charge on any atom is 0.161 e. The van der Waals surface area contributed by atoms with Gasteiger partial charge in [-0.05, 0) is 24.1 Å². The SMILES string of the molecule is CCCCS(=O)CC(N)c1ccc2c(c1)OCCO2. The molecule has 0 amide bonds. The number of nitrogens with two attached hydrogens (primary N) is 1. The van der Waals surface area contributed by atoms with Gasteiger partial charge >= 0.3 is 0 Å². The second-order valence-electron chi connectivity index (χ2n) is 4.67. The highest BCUT2D eigenvalue weighted by Crippen LogP contribution is 2.32. The van der Waals surface area contributed by atoms with Gasteiger partial charge in [-0.2, -0.15) is 0 Å². The molecule has 0 aromatic heterocycles. The fourth-order valence-corrected chi connectivity index (χ4v) is 3.35. The zero-order valence-corrected chi connectivity index (χ0v) is 12.1. The molecule has 2 atom stereocenters. The van der Waals surface area contributed by atoms with Crippen LogP contribution in [0, 0.1) is 0 Å². The first-order valence-electron chi connectivity index (χ1n) is 6.71. The summed E-state index contributed by atoms with van der Waals surface area (Å²) in [5.41, 5.74) is 7.06. The molecule has 0 aliphatic carbocycles. The van der Waals surface area contributed by atoms with Gasteiger partial charge in [0, 0.05) is 28.3 Å². The molecule has 1 aromatic carbocycles. The van der Waals surface area contributed by atoms with Crippen molar-refractivity contribution in [2.24, 2.45) is 5.73 Å². The number of hydrogen-bond acceptors (Lipinski definition) is 4. The van der Waals surface area contributed by atoms with E-state index in [9.17, 15) is 4.21 Å². The lowest BCUT2D eigenvalue weighted by Crippen LogP contribution is -2.21. The topological polar surface area (TPSA) is 61.6 Å². The molecule has 2 unspecified atom stereocenters. The minimum atomic E-state index is -0.849. The Hall–Kier alpha value is -1.07. The van der Waals surface area contributed by atoms with Gasteiger partial charge in [-0.1, -0.05) is 19.4 Å². The lowest BCUT2D eigenvalue weighted by atomic mass is 10.1. The van der Waals surface area contributed by atoms with Crippen LogP contribution in [-0.4, -0.2) is 28.9 Å².